The number of aryl methyl sites for hydroxylation is 1. The Kier molecular flexibility index (Phi) is 4.49. The summed E-state index contributed by atoms with van der Waals surface area (Å²) in [6.07, 6.45) is 7.10. The van der Waals surface area contributed by atoms with Crippen molar-refractivity contribution >= 4 is 27.8 Å². The van der Waals surface area contributed by atoms with Gasteiger partial charge in [0.2, 0.25) is 0 Å². The van der Waals surface area contributed by atoms with Crippen LogP contribution in [-0.4, -0.2) is 21.1 Å². The van der Waals surface area contributed by atoms with Crippen molar-refractivity contribution in [2.75, 3.05) is 12.3 Å². The highest BCUT2D eigenvalue weighted by Gasteiger charge is 2.14. The van der Waals surface area contributed by atoms with E-state index in [0.29, 0.717) is 24.5 Å². The summed E-state index contributed by atoms with van der Waals surface area (Å²) < 4.78 is 8.03. The van der Waals surface area contributed by atoms with Crippen molar-refractivity contribution in [2.45, 2.75) is 19.6 Å². The zero-order chi connectivity index (χ0) is 18.8. The van der Waals surface area contributed by atoms with Crippen LogP contribution in [0.1, 0.15) is 17.2 Å². The Morgan fingerprint density at radius 1 is 1.19 bits per heavy atom. The Morgan fingerprint density at radius 2 is 1.96 bits per heavy atom. The van der Waals surface area contributed by atoms with Crippen LogP contribution in [0.15, 0.2) is 54.9 Å². The van der Waals surface area contributed by atoms with Crippen molar-refractivity contribution in [3.05, 3.63) is 66.0 Å². The average molecular weight is 356 g/mol. The number of rotatable bonds is 5. The number of benzene rings is 2. The molecule has 0 aliphatic rings. The van der Waals surface area contributed by atoms with Crippen LogP contribution >= 0.6 is 0 Å². The van der Waals surface area contributed by atoms with Crippen molar-refractivity contribution in [3.8, 4) is 12.3 Å². The van der Waals surface area contributed by atoms with E-state index in [-0.39, 0.29) is 6.10 Å². The summed E-state index contributed by atoms with van der Waals surface area (Å²) in [6.45, 7) is 3.12. The first-order valence-corrected chi connectivity index (χ1v) is 8.81. The number of hydrogen-bond acceptors (Lipinski definition) is 4. The van der Waals surface area contributed by atoms with Gasteiger partial charge in [0.1, 0.15) is 11.6 Å². The van der Waals surface area contributed by atoms with Crippen LogP contribution in [0.4, 0.5) is 5.82 Å². The number of nitrogens with two attached hydrogens (primary N) is 1. The zero-order valence-corrected chi connectivity index (χ0v) is 15.1. The van der Waals surface area contributed by atoms with Crippen molar-refractivity contribution in [3.63, 3.8) is 0 Å². The lowest BCUT2D eigenvalue weighted by molar-refractivity contribution is 0.0853. The molecule has 2 N–H and O–H groups in total. The van der Waals surface area contributed by atoms with Gasteiger partial charge in [-0.1, -0.05) is 48.4 Å². The van der Waals surface area contributed by atoms with Gasteiger partial charge in [0.15, 0.2) is 5.82 Å². The molecule has 27 heavy (non-hydrogen) atoms. The van der Waals surface area contributed by atoms with Crippen LogP contribution in [0.3, 0.4) is 0 Å². The lowest BCUT2D eigenvalue weighted by Gasteiger charge is -2.15. The van der Waals surface area contributed by atoms with Gasteiger partial charge in [-0.2, -0.15) is 0 Å². The molecule has 1 atom stereocenters. The summed E-state index contributed by atoms with van der Waals surface area (Å²) in [5.74, 6) is 3.17. The molecule has 134 valence electrons. The second kappa shape index (κ2) is 7.10. The van der Waals surface area contributed by atoms with Crippen LogP contribution in [0.25, 0.3) is 21.9 Å². The van der Waals surface area contributed by atoms with Crippen LogP contribution in [0.5, 0.6) is 0 Å². The maximum Gasteiger partial charge on any atom is 0.152 e. The van der Waals surface area contributed by atoms with E-state index in [1.165, 1.54) is 0 Å². The molecular formula is C22H20N4O. The van der Waals surface area contributed by atoms with Crippen LogP contribution in [-0.2, 0) is 11.3 Å². The molecule has 1 unspecified atom stereocenters. The van der Waals surface area contributed by atoms with E-state index in [1.54, 1.807) is 6.33 Å². The molecule has 5 nitrogen and oxygen atoms in total. The lowest BCUT2D eigenvalue weighted by Crippen LogP contribution is -2.10. The largest absolute Gasteiger partial charge is 0.382 e. The van der Waals surface area contributed by atoms with Crippen LogP contribution in [0, 0.1) is 19.3 Å². The fourth-order valence-electron chi connectivity index (χ4n) is 3.35. The number of aromatic nitrogens is 3. The van der Waals surface area contributed by atoms with Gasteiger partial charge in [-0.05, 0) is 24.1 Å². The molecule has 0 aliphatic heterocycles. The van der Waals surface area contributed by atoms with Gasteiger partial charge in [-0.25, -0.2) is 9.97 Å². The Bertz CT molecular complexity index is 1160. The van der Waals surface area contributed by atoms with Gasteiger partial charge in [-0.3, -0.25) is 0 Å². The molecule has 2 heterocycles. The third-order valence-corrected chi connectivity index (χ3v) is 4.72. The normalized spacial score (nSPS) is 12.3. The molecule has 0 spiro atoms. The number of nitrogens with zero attached hydrogens (tertiary/aromatic N) is 3. The smallest absolute Gasteiger partial charge is 0.152 e. The van der Waals surface area contributed by atoms with Gasteiger partial charge in [0.05, 0.1) is 24.0 Å². The first-order valence-electron chi connectivity index (χ1n) is 8.81. The van der Waals surface area contributed by atoms with Crippen molar-refractivity contribution in [1.82, 2.24) is 14.5 Å². The molecule has 4 rings (SSSR count). The summed E-state index contributed by atoms with van der Waals surface area (Å²) in [7, 11) is 0. The van der Waals surface area contributed by atoms with Gasteiger partial charge < -0.3 is 15.0 Å². The zero-order valence-electron chi connectivity index (χ0n) is 15.1. The maximum atomic E-state index is 6.08. The highest BCUT2D eigenvalue weighted by Crippen LogP contribution is 2.27. The third kappa shape index (κ3) is 3.12. The lowest BCUT2D eigenvalue weighted by atomic mass is 10.0. The minimum atomic E-state index is -0.371. The molecule has 4 aromatic rings. The van der Waals surface area contributed by atoms with Gasteiger partial charge in [0, 0.05) is 11.9 Å². The second-order valence-corrected chi connectivity index (χ2v) is 6.42. The molecule has 0 saturated carbocycles. The molecule has 0 saturated heterocycles. The predicted molar refractivity (Wildman–Crippen MR) is 108 cm³/mol. The first kappa shape index (κ1) is 17.1. The monoisotopic (exact) mass is 356 g/mol. The number of hydrogen-bond donors (Lipinski definition) is 1. The molecule has 0 aliphatic carbocycles. The Labute approximate surface area is 157 Å². The average Bonchev–Trinajstić information content (AvgIpc) is 3.11. The van der Waals surface area contributed by atoms with E-state index in [9.17, 15) is 0 Å². The molecule has 0 bridgehead atoms. The van der Waals surface area contributed by atoms with E-state index in [2.05, 4.69) is 15.9 Å². The number of imidazole rings is 1. The Hall–Kier alpha value is -3.36. The fraction of sp³-hybridized carbons (Fsp3) is 0.182. The summed E-state index contributed by atoms with van der Waals surface area (Å²) in [5.41, 5.74) is 10.8. The SMILES string of the molecule is C#CC(OCCn1cnc2c(N)nc3ccccc3c21)c1ccccc1C. The standard InChI is InChI=1S/C22H20N4O/c1-3-19(16-9-5-4-8-15(16)2)27-13-12-26-14-24-20-21(26)17-10-6-7-11-18(17)25-22(20)23/h1,4-11,14,19H,12-13H2,2H3,(H2,23,25). The van der Waals surface area contributed by atoms with Gasteiger partial charge in [0.25, 0.3) is 0 Å². The van der Waals surface area contributed by atoms with Crippen molar-refractivity contribution in [2.24, 2.45) is 0 Å². The molecule has 0 fully saturated rings. The van der Waals surface area contributed by atoms with E-state index in [0.717, 1.165) is 27.5 Å². The molecule has 0 amide bonds. The number of fused-ring (bicyclic) bond motifs is 3. The van der Waals surface area contributed by atoms with Crippen LogP contribution in [0.2, 0.25) is 0 Å². The second-order valence-electron chi connectivity index (χ2n) is 6.42. The third-order valence-electron chi connectivity index (χ3n) is 4.72. The summed E-state index contributed by atoms with van der Waals surface area (Å²) in [6, 6.07) is 15.9. The number of terminal acetylenes is 1. The molecule has 2 aromatic carbocycles. The fourth-order valence-corrected chi connectivity index (χ4v) is 3.35. The molecule has 2 aromatic heterocycles. The van der Waals surface area contributed by atoms with E-state index in [4.69, 9.17) is 16.9 Å². The minimum Gasteiger partial charge on any atom is -0.382 e. The van der Waals surface area contributed by atoms with Gasteiger partial charge in [-0.15, -0.1) is 6.42 Å². The van der Waals surface area contributed by atoms with E-state index in [1.807, 2.05) is 60.0 Å². The van der Waals surface area contributed by atoms with Crippen LogP contribution < -0.4 is 5.73 Å². The van der Waals surface area contributed by atoms with Gasteiger partial charge >= 0.3 is 0 Å². The molecule has 0 radical (unpaired) electrons. The Morgan fingerprint density at radius 3 is 2.78 bits per heavy atom. The topological polar surface area (TPSA) is 66.0 Å². The van der Waals surface area contributed by atoms with E-state index >= 15 is 0 Å². The molecular weight excluding hydrogens is 336 g/mol. The summed E-state index contributed by atoms with van der Waals surface area (Å²) in [5, 5.41) is 1.02. The molecule has 5 heteroatoms. The number of pyridine rings is 1. The predicted octanol–water partition coefficient (Wildman–Crippen LogP) is 3.87. The highest BCUT2D eigenvalue weighted by atomic mass is 16.5. The Balaban J connectivity index is 1.60. The summed E-state index contributed by atoms with van der Waals surface area (Å²) >= 11 is 0. The summed E-state index contributed by atoms with van der Waals surface area (Å²) in [4.78, 5) is 8.87. The number of nitrogen functional groups attached to an aromatic ring is 1. The van der Waals surface area contributed by atoms with E-state index < -0.39 is 0 Å². The maximum absolute atomic E-state index is 6.08. The minimum absolute atomic E-state index is 0.371. The highest BCUT2D eigenvalue weighted by molar-refractivity contribution is 6.06. The number of anilines is 1. The number of ether oxygens (including phenoxy) is 1. The number of para-hydroxylation sites is 1. The van der Waals surface area contributed by atoms with Crippen molar-refractivity contribution in [1.29, 1.82) is 0 Å². The quantitative estimate of drug-likeness (QED) is 0.551. The first-order chi connectivity index (χ1) is 13.2. The van der Waals surface area contributed by atoms with Crippen molar-refractivity contribution < 1.29 is 4.74 Å².